The first-order valence-corrected chi connectivity index (χ1v) is 8.74. The zero-order chi connectivity index (χ0) is 20.3. The summed E-state index contributed by atoms with van der Waals surface area (Å²) in [5.41, 5.74) is 0.840. The van der Waals surface area contributed by atoms with Gasteiger partial charge in [-0.3, -0.25) is 15.0 Å². The van der Waals surface area contributed by atoms with E-state index in [-0.39, 0.29) is 5.69 Å². The number of ether oxygens (including phenoxy) is 1. The number of nitro groups is 1. The van der Waals surface area contributed by atoms with E-state index < -0.39 is 16.7 Å². The Morgan fingerprint density at radius 3 is 2.25 bits per heavy atom. The molecule has 150 valence electrons. The summed E-state index contributed by atoms with van der Waals surface area (Å²) in [7, 11) is 1.52. The van der Waals surface area contributed by atoms with E-state index in [0.717, 1.165) is 23.4 Å². The number of piperazine rings is 1. The molecule has 0 aromatic heterocycles. The zero-order valence-electron chi connectivity index (χ0n) is 15.3. The minimum absolute atomic E-state index is 0.0131. The second kappa shape index (κ2) is 8.05. The van der Waals surface area contributed by atoms with Crippen molar-refractivity contribution in [3.05, 3.63) is 63.7 Å². The standard InChI is InChI=1S/C19H20F3N3O3/c1-28-18-7-6-17(25(26)27)12-14(18)13-23-8-10-24(11-9-23)16-4-2-15(3-5-16)19(20,21)22/h2-7,12H,8-11,13H2,1H3. The SMILES string of the molecule is COc1ccc([N+](=O)[O-])cc1CN1CCN(c2ccc(C(F)(F)F)cc2)CC1. The average Bonchev–Trinajstić information content (AvgIpc) is 2.68. The van der Waals surface area contributed by atoms with Crippen LogP contribution >= 0.6 is 0 Å². The quantitative estimate of drug-likeness (QED) is 0.567. The monoisotopic (exact) mass is 395 g/mol. The number of rotatable bonds is 5. The molecule has 0 atom stereocenters. The van der Waals surface area contributed by atoms with Crippen LogP contribution in [0.25, 0.3) is 0 Å². The molecular weight excluding hydrogens is 375 g/mol. The second-order valence-electron chi connectivity index (χ2n) is 6.56. The fourth-order valence-corrected chi connectivity index (χ4v) is 3.27. The van der Waals surface area contributed by atoms with E-state index >= 15 is 0 Å². The third-order valence-corrected chi connectivity index (χ3v) is 4.80. The summed E-state index contributed by atoms with van der Waals surface area (Å²) >= 11 is 0. The molecule has 0 bridgehead atoms. The molecule has 2 aromatic rings. The Bertz CT molecular complexity index is 833. The van der Waals surface area contributed by atoms with Gasteiger partial charge in [-0.05, 0) is 30.3 Å². The van der Waals surface area contributed by atoms with Gasteiger partial charge in [0.2, 0.25) is 0 Å². The third-order valence-electron chi connectivity index (χ3n) is 4.80. The molecule has 6 nitrogen and oxygen atoms in total. The number of hydrogen-bond donors (Lipinski definition) is 0. The van der Waals surface area contributed by atoms with Crippen LogP contribution in [-0.4, -0.2) is 43.1 Å². The van der Waals surface area contributed by atoms with E-state index in [0.29, 0.717) is 38.5 Å². The fourth-order valence-electron chi connectivity index (χ4n) is 3.27. The molecule has 0 N–H and O–H groups in total. The molecule has 3 rings (SSSR count). The number of nitrogens with zero attached hydrogens (tertiary/aromatic N) is 3. The molecule has 0 radical (unpaired) electrons. The summed E-state index contributed by atoms with van der Waals surface area (Å²) in [6, 6.07) is 9.67. The van der Waals surface area contributed by atoms with Gasteiger partial charge in [-0.2, -0.15) is 13.2 Å². The summed E-state index contributed by atoms with van der Waals surface area (Å²) in [5, 5.41) is 11.0. The Labute approximate surface area is 160 Å². The molecule has 1 heterocycles. The van der Waals surface area contributed by atoms with Crippen LogP contribution < -0.4 is 9.64 Å². The van der Waals surface area contributed by atoms with E-state index in [1.54, 1.807) is 6.07 Å². The molecule has 0 saturated carbocycles. The maximum Gasteiger partial charge on any atom is 0.416 e. The summed E-state index contributed by atoms with van der Waals surface area (Å²) in [6.45, 7) is 3.19. The van der Waals surface area contributed by atoms with Crippen molar-refractivity contribution in [2.75, 3.05) is 38.2 Å². The van der Waals surface area contributed by atoms with Gasteiger partial charge in [0, 0.05) is 56.1 Å². The third kappa shape index (κ3) is 4.53. The summed E-state index contributed by atoms with van der Waals surface area (Å²) in [6.07, 6.45) is -4.34. The molecule has 1 aliphatic heterocycles. The van der Waals surface area contributed by atoms with Gasteiger partial charge >= 0.3 is 6.18 Å². The number of nitro benzene ring substituents is 1. The molecule has 1 fully saturated rings. The summed E-state index contributed by atoms with van der Waals surface area (Å²) in [5.74, 6) is 0.593. The number of anilines is 1. The molecule has 1 aliphatic rings. The lowest BCUT2D eigenvalue weighted by atomic mass is 10.1. The minimum Gasteiger partial charge on any atom is -0.496 e. The van der Waals surface area contributed by atoms with E-state index in [9.17, 15) is 23.3 Å². The van der Waals surface area contributed by atoms with Gasteiger partial charge in [-0.25, -0.2) is 0 Å². The molecule has 1 saturated heterocycles. The highest BCUT2D eigenvalue weighted by Crippen LogP contribution is 2.31. The van der Waals surface area contributed by atoms with Crippen molar-refractivity contribution in [3.8, 4) is 5.75 Å². The highest BCUT2D eigenvalue weighted by Gasteiger charge is 2.30. The lowest BCUT2D eigenvalue weighted by molar-refractivity contribution is -0.385. The van der Waals surface area contributed by atoms with Crippen LogP contribution in [0.5, 0.6) is 5.75 Å². The Kier molecular flexibility index (Phi) is 5.73. The normalized spacial score (nSPS) is 15.5. The molecule has 28 heavy (non-hydrogen) atoms. The van der Waals surface area contributed by atoms with Crippen LogP contribution in [0.15, 0.2) is 42.5 Å². The van der Waals surface area contributed by atoms with Crippen LogP contribution in [-0.2, 0) is 12.7 Å². The van der Waals surface area contributed by atoms with Gasteiger partial charge in [0.25, 0.3) is 5.69 Å². The number of alkyl halides is 3. The van der Waals surface area contributed by atoms with Crippen molar-refractivity contribution in [1.29, 1.82) is 0 Å². The predicted molar refractivity (Wildman–Crippen MR) is 98.6 cm³/mol. The van der Waals surface area contributed by atoms with Crippen molar-refractivity contribution in [1.82, 2.24) is 4.90 Å². The van der Waals surface area contributed by atoms with Crippen molar-refractivity contribution < 1.29 is 22.8 Å². The Balaban J connectivity index is 1.63. The van der Waals surface area contributed by atoms with Crippen molar-refractivity contribution in [3.63, 3.8) is 0 Å². The van der Waals surface area contributed by atoms with Crippen LogP contribution in [0.2, 0.25) is 0 Å². The maximum atomic E-state index is 12.7. The number of halogens is 3. The molecule has 0 aliphatic carbocycles. The van der Waals surface area contributed by atoms with Gasteiger partial charge in [-0.15, -0.1) is 0 Å². The highest BCUT2D eigenvalue weighted by molar-refractivity contribution is 5.48. The number of non-ortho nitro benzene ring substituents is 1. The fraction of sp³-hybridized carbons (Fsp3) is 0.368. The van der Waals surface area contributed by atoms with E-state index in [1.807, 2.05) is 4.90 Å². The van der Waals surface area contributed by atoms with Gasteiger partial charge in [-0.1, -0.05) is 0 Å². The van der Waals surface area contributed by atoms with Crippen LogP contribution in [0.3, 0.4) is 0 Å². The number of hydrogen-bond acceptors (Lipinski definition) is 5. The van der Waals surface area contributed by atoms with Crippen molar-refractivity contribution in [2.45, 2.75) is 12.7 Å². The van der Waals surface area contributed by atoms with Crippen molar-refractivity contribution in [2.24, 2.45) is 0 Å². The highest BCUT2D eigenvalue weighted by atomic mass is 19.4. The van der Waals surface area contributed by atoms with Gasteiger partial charge < -0.3 is 9.64 Å². The van der Waals surface area contributed by atoms with Crippen LogP contribution in [0, 0.1) is 10.1 Å². The largest absolute Gasteiger partial charge is 0.496 e. The summed E-state index contributed by atoms with van der Waals surface area (Å²) < 4.78 is 43.4. The van der Waals surface area contributed by atoms with E-state index in [4.69, 9.17) is 4.74 Å². The first kappa shape index (κ1) is 19.9. The first-order chi connectivity index (χ1) is 13.3. The van der Waals surface area contributed by atoms with Gasteiger partial charge in [0.1, 0.15) is 5.75 Å². The second-order valence-corrected chi connectivity index (χ2v) is 6.56. The molecule has 2 aromatic carbocycles. The molecule has 0 unspecified atom stereocenters. The molecule has 9 heteroatoms. The molecular formula is C19H20F3N3O3. The van der Waals surface area contributed by atoms with Gasteiger partial charge in [0.15, 0.2) is 0 Å². The Morgan fingerprint density at radius 2 is 1.71 bits per heavy atom. The lowest BCUT2D eigenvalue weighted by Gasteiger charge is -2.36. The molecule has 0 amide bonds. The molecule has 0 spiro atoms. The smallest absolute Gasteiger partial charge is 0.416 e. The Morgan fingerprint density at radius 1 is 1.07 bits per heavy atom. The maximum absolute atomic E-state index is 12.7. The zero-order valence-corrected chi connectivity index (χ0v) is 15.3. The first-order valence-electron chi connectivity index (χ1n) is 8.74. The van der Waals surface area contributed by atoms with E-state index in [1.165, 1.54) is 31.4 Å². The lowest BCUT2D eigenvalue weighted by Crippen LogP contribution is -2.46. The Hall–Kier alpha value is -2.81. The number of benzene rings is 2. The number of methoxy groups -OCH3 is 1. The van der Waals surface area contributed by atoms with Gasteiger partial charge in [0.05, 0.1) is 17.6 Å². The van der Waals surface area contributed by atoms with Crippen LogP contribution in [0.4, 0.5) is 24.5 Å². The predicted octanol–water partition coefficient (Wildman–Crippen LogP) is 3.94. The van der Waals surface area contributed by atoms with Crippen LogP contribution in [0.1, 0.15) is 11.1 Å². The van der Waals surface area contributed by atoms with E-state index in [2.05, 4.69) is 4.90 Å². The topological polar surface area (TPSA) is 58.9 Å². The van der Waals surface area contributed by atoms with Crippen molar-refractivity contribution >= 4 is 11.4 Å². The minimum atomic E-state index is -4.34. The average molecular weight is 395 g/mol. The summed E-state index contributed by atoms with van der Waals surface area (Å²) in [4.78, 5) is 14.7.